The minimum atomic E-state index is 0.659. The molecule has 88 valence electrons. The largest absolute Gasteiger partial charge is 0.393 e. The van der Waals surface area contributed by atoms with E-state index in [0.29, 0.717) is 4.99 Å². The second-order valence-electron chi connectivity index (χ2n) is 4.99. The van der Waals surface area contributed by atoms with Crippen molar-refractivity contribution in [2.24, 2.45) is 17.6 Å². The SMILES string of the molecule is CC(C)C1CCN(CCCC(N)=S)CC1. The van der Waals surface area contributed by atoms with Crippen molar-refractivity contribution < 1.29 is 0 Å². The molecule has 2 N–H and O–H groups in total. The first-order valence-corrected chi connectivity index (χ1v) is 6.51. The third kappa shape index (κ3) is 4.94. The zero-order valence-corrected chi connectivity index (χ0v) is 10.9. The highest BCUT2D eigenvalue weighted by molar-refractivity contribution is 7.80. The van der Waals surface area contributed by atoms with Gasteiger partial charge in [0.05, 0.1) is 4.99 Å². The Bertz CT molecular complexity index is 196. The van der Waals surface area contributed by atoms with Gasteiger partial charge in [-0.05, 0) is 57.2 Å². The molecule has 1 saturated heterocycles. The van der Waals surface area contributed by atoms with Crippen LogP contribution >= 0.6 is 12.2 Å². The number of nitrogens with two attached hydrogens (primary N) is 1. The summed E-state index contributed by atoms with van der Waals surface area (Å²) in [5.74, 6) is 1.79. The summed E-state index contributed by atoms with van der Waals surface area (Å²) in [7, 11) is 0. The lowest BCUT2D eigenvalue weighted by Gasteiger charge is -2.33. The Hall–Kier alpha value is -0.150. The van der Waals surface area contributed by atoms with E-state index in [9.17, 15) is 0 Å². The van der Waals surface area contributed by atoms with Crippen LogP contribution in [0, 0.1) is 11.8 Å². The average molecular weight is 228 g/mol. The summed E-state index contributed by atoms with van der Waals surface area (Å²) in [4.78, 5) is 3.21. The average Bonchev–Trinajstić information content (AvgIpc) is 2.18. The Kier molecular flexibility index (Phi) is 5.54. The van der Waals surface area contributed by atoms with Gasteiger partial charge in [-0.1, -0.05) is 26.1 Å². The van der Waals surface area contributed by atoms with E-state index < -0.39 is 0 Å². The van der Waals surface area contributed by atoms with Crippen LogP contribution in [0.3, 0.4) is 0 Å². The summed E-state index contributed by atoms with van der Waals surface area (Å²) in [6.07, 6.45) is 4.76. The van der Waals surface area contributed by atoms with E-state index in [0.717, 1.165) is 24.7 Å². The Morgan fingerprint density at radius 1 is 1.40 bits per heavy atom. The molecule has 0 aromatic heterocycles. The van der Waals surface area contributed by atoms with E-state index in [4.69, 9.17) is 18.0 Å². The molecule has 0 amide bonds. The predicted molar refractivity (Wildman–Crippen MR) is 70.0 cm³/mol. The molecule has 0 saturated carbocycles. The van der Waals surface area contributed by atoms with Gasteiger partial charge in [-0.25, -0.2) is 0 Å². The second kappa shape index (κ2) is 6.44. The Labute approximate surface area is 99.2 Å². The van der Waals surface area contributed by atoms with Crippen LogP contribution in [0.5, 0.6) is 0 Å². The fraction of sp³-hybridized carbons (Fsp3) is 0.917. The number of piperidine rings is 1. The number of hydrogen-bond acceptors (Lipinski definition) is 2. The van der Waals surface area contributed by atoms with E-state index in [-0.39, 0.29) is 0 Å². The minimum Gasteiger partial charge on any atom is -0.393 e. The summed E-state index contributed by atoms with van der Waals surface area (Å²) in [6.45, 7) is 8.38. The van der Waals surface area contributed by atoms with Crippen molar-refractivity contribution in [1.29, 1.82) is 0 Å². The molecule has 3 heteroatoms. The van der Waals surface area contributed by atoms with Gasteiger partial charge in [0.15, 0.2) is 0 Å². The molecule has 0 aliphatic carbocycles. The summed E-state index contributed by atoms with van der Waals surface area (Å²) >= 11 is 4.87. The van der Waals surface area contributed by atoms with Gasteiger partial charge >= 0.3 is 0 Å². The number of likely N-dealkylation sites (tertiary alicyclic amines) is 1. The van der Waals surface area contributed by atoms with Crippen molar-refractivity contribution in [2.75, 3.05) is 19.6 Å². The number of hydrogen-bond donors (Lipinski definition) is 1. The molecule has 0 unspecified atom stereocenters. The molecule has 15 heavy (non-hydrogen) atoms. The Morgan fingerprint density at radius 2 is 2.00 bits per heavy atom. The lowest BCUT2D eigenvalue weighted by atomic mass is 9.87. The molecule has 0 aromatic carbocycles. The third-order valence-corrected chi connectivity index (χ3v) is 3.68. The van der Waals surface area contributed by atoms with Crippen molar-refractivity contribution >= 4 is 17.2 Å². The molecule has 0 atom stereocenters. The maximum Gasteiger partial charge on any atom is 0.0727 e. The van der Waals surface area contributed by atoms with Crippen molar-refractivity contribution in [1.82, 2.24) is 4.90 Å². The molecule has 1 rings (SSSR count). The smallest absolute Gasteiger partial charge is 0.0727 e. The quantitative estimate of drug-likeness (QED) is 0.733. The number of rotatable bonds is 5. The topological polar surface area (TPSA) is 29.3 Å². The van der Waals surface area contributed by atoms with Crippen LogP contribution in [0.25, 0.3) is 0 Å². The highest BCUT2D eigenvalue weighted by atomic mass is 32.1. The fourth-order valence-electron chi connectivity index (χ4n) is 2.32. The van der Waals surface area contributed by atoms with E-state index >= 15 is 0 Å². The molecule has 2 nitrogen and oxygen atoms in total. The summed E-state index contributed by atoms with van der Waals surface area (Å²) < 4.78 is 0. The molecule has 1 aliphatic rings. The molecular formula is C12H24N2S. The van der Waals surface area contributed by atoms with Crippen molar-refractivity contribution in [2.45, 2.75) is 39.5 Å². The van der Waals surface area contributed by atoms with E-state index in [2.05, 4.69) is 18.7 Å². The fourth-order valence-corrected chi connectivity index (χ4v) is 2.46. The van der Waals surface area contributed by atoms with E-state index in [1.54, 1.807) is 0 Å². The van der Waals surface area contributed by atoms with E-state index in [1.807, 2.05) is 0 Å². The lowest BCUT2D eigenvalue weighted by molar-refractivity contribution is 0.157. The van der Waals surface area contributed by atoms with Crippen LogP contribution in [0.4, 0.5) is 0 Å². The molecule has 1 fully saturated rings. The van der Waals surface area contributed by atoms with Crippen LogP contribution < -0.4 is 5.73 Å². The first-order chi connectivity index (χ1) is 7.09. The number of thiocarbonyl (C=S) groups is 1. The van der Waals surface area contributed by atoms with Crippen LogP contribution in [0.1, 0.15) is 39.5 Å². The van der Waals surface area contributed by atoms with Gasteiger partial charge in [0, 0.05) is 0 Å². The first kappa shape index (κ1) is 12.9. The standard InChI is InChI=1S/C12H24N2S/c1-10(2)11-5-8-14(9-6-11)7-3-4-12(13)15/h10-11H,3-9H2,1-2H3,(H2,13,15). The molecule has 0 spiro atoms. The summed E-state index contributed by atoms with van der Waals surface area (Å²) in [5.41, 5.74) is 5.48. The number of nitrogens with zero attached hydrogens (tertiary/aromatic N) is 1. The van der Waals surface area contributed by atoms with Gasteiger partial charge < -0.3 is 10.6 Å². The Morgan fingerprint density at radius 3 is 2.47 bits per heavy atom. The van der Waals surface area contributed by atoms with Gasteiger partial charge in [0.1, 0.15) is 0 Å². The van der Waals surface area contributed by atoms with Crippen molar-refractivity contribution in [3.63, 3.8) is 0 Å². The lowest BCUT2D eigenvalue weighted by Crippen LogP contribution is -2.36. The van der Waals surface area contributed by atoms with Crippen molar-refractivity contribution in [3.8, 4) is 0 Å². The van der Waals surface area contributed by atoms with Gasteiger partial charge in [0.2, 0.25) is 0 Å². The van der Waals surface area contributed by atoms with Crippen molar-refractivity contribution in [3.05, 3.63) is 0 Å². The van der Waals surface area contributed by atoms with E-state index in [1.165, 1.54) is 32.5 Å². The molecule has 0 radical (unpaired) electrons. The maximum absolute atomic E-state index is 5.48. The van der Waals surface area contributed by atoms with Crippen LogP contribution in [0.15, 0.2) is 0 Å². The second-order valence-corrected chi connectivity index (χ2v) is 5.52. The van der Waals surface area contributed by atoms with Gasteiger partial charge in [-0.3, -0.25) is 0 Å². The molecule has 0 aromatic rings. The van der Waals surface area contributed by atoms with Crippen LogP contribution in [0.2, 0.25) is 0 Å². The zero-order valence-electron chi connectivity index (χ0n) is 10.0. The predicted octanol–water partition coefficient (Wildman–Crippen LogP) is 2.42. The van der Waals surface area contributed by atoms with Gasteiger partial charge in [0.25, 0.3) is 0 Å². The zero-order chi connectivity index (χ0) is 11.3. The Balaban J connectivity index is 2.12. The maximum atomic E-state index is 5.48. The third-order valence-electron chi connectivity index (χ3n) is 3.47. The first-order valence-electron chi connectivity index (χ1n) is 6.10. The summed E-state index contributed by atoms with van der Waals surface area (Å²) in [6, 6.07) is 0. The molecule has 1 heterocycles. The normalized spacial score (nSPS) is 19.7. The van der Waals surface area contributed by atoms with Gasteiger partial charge in [-0.15, -0.1) is 0 Å². The molecule has 1 aliphatic heterocycles. The minimum absolute atomic E-state index is 0.659. The summed E-state index contributed by atoms with van der Waals surface area (Å²) in [5, 5.41) is 0. The highest BCUT2D eigenvalue weighted by Gasteiger charge is 2.20. The molecule has 0 bridgehead atoms. The van der Waals surface area contributed by atoms with Crippen LogP contribution in [-0.4, -0.2) is 29.5 Å². The highest BCUT2D eigenvalue weighted by Crippen LogP contribution is 2.24. The van der Waals surface area contributed by atoms with Crippen LogP contribution in [-0.2, 0) is 0 Å². The van der Waals surface area contributed by atoms with Gasteiger partial charge in [-0.2, -0.15) is 0 Å². The molecular weight excluding hydrogens is 204 g/mol. The monoisotopic (exact) mass is 228 g/mol.